The first-order valence-corrected chi connectivity index (χ1v) is 13.3. The summed E-state index contributed by atoms with van der Waals surface area (Å²) in [6.07, 6.45) is 0.718. The Hall–Kier alpha value is -1.27. The Morgan fingerprint density at radius 2 is 2.00 bits per heavy atom. The number of rotatable bonds is 9. The number of hydrogen-bond donors (Lipinski definition) is 3. The number of morpholine rings is 1. The third-order valence-electron chi connectivity index (χ3n) is 8.20. The van der Waals surface area contributed by atoms with Gasteiger partial charge in [0.05, 0.1) is 43.8 Å². The lowest BCUT2D eigenvalue weighted by Gasteiger charge is -2.39. The van der Waals surface area contributed by atoms with E-state index in [1.54, 1.807) is 11.9 Å². The van der Waals surface area contributed by atoms with E-state index in [0.717, 1.165) is 19.5 Å². The molecule has 0 aliphatic carbocycles. The highest BCUT2D eigenvalue weighted by Crippen LogP contribution is 2.60. The van der Waals surface area contributed by atoms with Crippen LogP contribution in [0.15, 0.2) is 0 Å². The number of carbonyl (C=O) groups is 3. The number of ether oxygens (including phenoxy) is 2. The Bertz CT molecular complexity index is 795. The van der Waals surface area contributed by atoms with E-state index in [1.807, 2.05) is 13.8 Å². The lowest BCUT2D eigenvalue weighted by molar-refractivity contribution is -0.147. The monoisotopic (exact) mass is 544 g/mol. The molecule has 4 saturated heterocycles. The third-order valence-corrected chi connectivity index (χ3v) is 9.05. The topological polar surface area (TPSA) is 120 Å². The molecule has 192 valence electrons. The van der Waals surface area contributed by atoms with Crippen molar-refractivity contribution in [2.24, 2.45) is 17.8 Å². The summed E-state index contributed by atoms with van der Waals surface area (Å²) < 4.78 is 11.8. The summed E-state index contributed by atoms with van der Waals surface area (Å²) in [5, 5.41) is 16.0. The molecular formula is C23H37BrN4O6. The molecule has 0 radical (unpaired) electrons. The van der Waals surface area contributed by atoms with Crippen molar-refractivity contribution in [2.45, 2.75) is 55.3 Å². The number of fused-ring (bicyclic) bond motifs is 1. The van der Waals surface area contributed by atoms with Crippen molar-refractivity contribution in [3.05, 3.63) is 0 Å². The van der Waals surface area contributed by atoms with E-state index < -0.39 is 35.6 Å². The summed E-state index contributed by atoms with van der Waals surface area (Å²) in [6.45, 7) is 7.83. The largest absolute Gasteiger partial charge is 0.394 e. The SMILES string of the molecule is CC[C@H](C)[C@H](CO)N1C(=O)[C@@H]2[C@@H](C(=O)NC)[C@@H]3OC2(CC3Br)C1C(=O)NCCN1CCOCC1. The van der Waals surface area contributed by atoms with Gasteiger partial charge in [0.25, 0.3) is 0 Å². The van der Waals surface area contributed by atoms with Gasteiger partial charge in [-0.3, -0.25) is 19.3 Å². The maximum atomic E-state index is 13.9. The Morgan fingerprint density at radius 3 is 2.62 bits per heavy atom. The maximum absolute atomic E-state index is 13.9. The lowest BCUT2D eigenvalue weighted by atomic mass is 9.70. The highest BCUT2D eigenvalue weighted by Gasteiger charge is 2.77. The zero-order valence-corrected chi connectivity index (χ0v) is 21.8. The molecule has 0 aromatic heterocycles. The summed E-state index contributed by atoms with van der Waals surface area (Å²) >= 11 is 3.65. The smallest absolute Gasteiger partial charge is 0.245 e. The quantitative estimate of drug-likeness (QED) is 0.329. The minimum atomic E-state index is -1.10. The zero-order chi connectivity index (χ0) is 24.6. The van der Waals surface area contributed by atoms with Crippen LogP contribution < -0.4 is 10.6 Å². The van der Waals surface area contributed by atoms with Crippen molar-refractivity contribution in [1.29, 1.82) is 0 Å². The van der Waals surface area contributed by atoms with E-state index in [4.69, 9.17) is 9.47 Å². The fourth-order valence-corrected chi connectivity index (χ4v) is 7.21. The normalized spacial score (nSPS) is 36.9. The van der Waals surface area contributed by atoms with E-state index in [2.05, 4.69) is 31.5 Å². The zero-order valence-electron chi connectivity index (χ0n) is 20.2. The van der Waals surface area contributed by atoms with E-state index in [0.29, 0.717) is 32.7 Å². The number of aliphatic hydroxyl groups is 1. The highest BCUT2D eigenvalue weighted by atomic mass is 79.9. The molecule has 0 saturated carbocycles. The Morgan fingerprint density at radius 1 is 1.29 bits per heavy atom. The summed E-state index contributed by atoms with van der Waals surface area (Å²) in [5.74, 6) is -2.28. The molecule has 0 aromatic rings. The average Bonchev–Trinajstić information content (AvgIpc) is 3.43. The van der Waals surface area contributed by atoms with Gasteiger partial charge in [-0.25, -0.2) is 0 Å². The minimum Gasteiger partial charge on any atom is -0.394 e. The van der Waals surface area contributed by atoms with Crippen LogP contribution in [0.2, 0.25) is 0 Å². The van der Waals surface area contributed by atoms with Gasteiger partial charge in [0, 0.05) is 38.1 Å². The molecule has 4 rings (SSSR count). The van der Waals surface area contributed by atoms with Crippen molar-refractivity contribution in [3.8, 4) is 0 Å². The number of likely N-dealkylation sites (tertiary alicyclic amines) is 1. The molecule has 0 aromatic carbocycles. The number of halogens is 1. The van der Waals surface area contributed by atoms with Crippen molar-refractivity contribution in [2.75, 3.05) is 53.0 Å². The standard InChI is InChI=1S/C23H37BrN4O6/c1-4-13(2)15(12-29)28-19(21(31)26-5-6-27-7-9-33-10-8-27)23-11-14(24)18(34-23)16(20(30)25-3)17(23)22(28)32/h13-19,29H,4-12H2,1-3H3,(H,25,30)(H,26,31)/t13-,14?,15-,16+,17-,18+,19?,23?/m0/s1. The summed E-state index contributed by atoms with van der Waals surface area (Å²) in [6, 6.07) is -1.44. The summed E-state index contributed by atoms with van der Waals surface area (Å²) in [7, 11) is 1.55. The van der Waals surface area contributed by atoms with Crippen LogP contribution in [0, 0.1) is 17.8 Å². The van der Waals surface area contributed by atoms with Crippen LogP contribution in [-0.2, 0) is 23.9 Å². The van der Waals surface area contributed by atoms with Gasteiger partial charge in [-0.1, -0.05) is 36.2 Å². The molecule has 4 aliphatic rings. The number of hydrogen-bond acceptors (Lipinski definition) is 7. The Balaban J connectivity index is 1.63. The number of nitrogens with zero attached hydrogens (tertiary/aromatic N) is 2. The number of amides is 3. The molecule has 3 unspecified atom stereocenters. The van der Waals surface area contributed by atoms with Crippen LogP contribution in [0.5, 0.6) is 0 Å². The Labute approximate surface area is 209 Å². The van der Waals surface area contributed by atoms with E-state index in [1.165, 1.54) is 0 Å². The lowest BCUT2D eigenvalue weighted by Crippen LogP contribution is -2.59. The molecule has 3 amide bonds. The fraction of sp³-hybridized carbons (Fsp3) is 0.870. The van der Waals surface area contributed by atoms with Gasteiger partial charge in [0.15, 0.2) is 0 Å². The van der Waals surface area contributed by atoms with Gasteiger partial charge in [0.1, 0.15) is 11.6 Å². The van der Waals surface area contributed by atoms with Crippen LogP contribution in [0.1, 0.15) is 26.7 Å². The van der Waals surface area contributed by atoms with Crippen molar-refractivity contribution < 1.29 is 29.0 Å². The second-order valence-corrected chi connectivity index (χ2v) is 11.1. The predicted molar refractivity (Wildman–Crippen MR) is 127 cm³/mol. The van der Waals surface area contributed by atoms with Crippen LogP contribution in [0.3, 0.4) is 0 Å². The minimum absolute atomic E-state index is 0.0248. The molecule has 8 atom stereocenters. The van der Waals surface area contributed by atoms with Gasteiger partial charge >= 0.3 is 0 Å². The number of alkyl halides is 1. The molecule has 34 heavy (non-hydrogen) atoms. The van der Waals surface area contributed by atoms with Crippen molar-refractivity contribution in [3.63, 3.8) is 0 Å². The van der Waals surface area contributed by atoms with Crippen molar-refractivity contribution >= 4 is 33.7 Å². The summed E-state index contributed by atoms with van der Waals surface area (Å²) in [5.41, 5.74) is -1.10. The number of carbonyl (C=O) groups excluding carboxylic acids is 3. The molecular weight excluding hydrogens is 508 g/mol. The van der Waals surface area contributed by atoms with Crippen molar-refractivity contribution in [1.82, 2.24) is 20.4 Å². The van der Waals surface area contributed by atoms with Gasteiger partial charge in [-0.05, 0) is 12.3 Å². The van der Waals surface area contributed by atoms with Crippen LogP contribution in [0.25, 0.3) is 0 Å². The number of nitrogens with one attached hydrogen (secondary N) is 2. The first-order valence-electron chi connectivity index (χ1n) is 12.3. The van der Waals surface area contributed by atoms with E-state index >= 15 is 0 Å². The van der Waals surface area contributed by atoms with E-state index in [9.17, 15) is 19.5 Å². The molecule has 4 fully saturated rings. The van der Waals surface area contributed by atoms with Gasteiger partial charge < -0.3 is 30.1 Å². The van der Waals surface area contributed by atoms with Crippen LogP contribution in [-0.4, -0.2) is 114 Å². The summed E-state index contributed by atoms with van der Waals surface area (Å²) in [4.78, 5) is 44.1. The highest BCUT2D eigenvalue weighted by molar-refractivity contribution is 9.09. The van der Waals surface area contributed by atoms with Crippen LogP contribution >= 0.6 is 15.9 Å². The molecule has 2 bridgehead atoms. The van der Waals surface area contributed by atoms with Gasteiger partial charge in [0.2, 0.25) is 17.7 Å². The van der Waals surface area contributed by atoms with E-state index in [-0.39, 0.29) is 35.1 Å². The molecule has 4 aliphatic heterocycles. The number of aliphatic hydroxyl groups excluding tert-OH is 1. The maximum Gasteiger partial charge on any atom is 0.245 e. The van der Waals surface area contributed by atoms with Gasteiger partial charge in [-0.15, -0.1) is 0 Å². The first kappa shape index (κ1) is 25.8. The second-order valence-electron chi connectivity index (χ2n) is 9.90. The molecule has 4 heterocycles. The first-order chi connectivity index (χ1) is 16.3. The fourth-order valence-electron chi connectivity index (χ4n) is 6.26. The van der Waals surface area contributed by atoms with Crippen LogP contribution in [0.4, 0.5) is 0 Å². The van der Waals surface area contributed by atoms with Gasteiger partial charge in [-0.2, -0.15) is 0 Å². The predicted octanol–water partition coefficient (Wildman–Crippen LogP) is -0.664. The average molecular weight is 545 g/mol. The molecule has 10 nitrogen and oxygen atoms in total. The second kappa shape index (κ2) is 10.4. The molecule has 1 spiro atoms. The molecule has 3 N–H and O–H groups in total. The third kappa shape index (κ3) is 4.17. The Kier molecular flexibility index (Phi) is 7.88. The molecule has 11 heteroatoms.